The Kier molecular flexibility index (Phi) is 6.85. The van der Waals surface area contributed by atoms with Gasteiger partial charge in [0.15, 0.2) is 0 Å². The third-order valence-corrected chi connectivity index (χ3v) is 5.34. The fraction of sp³-hybridized carbons (Fsp3) is 0.444. The van der Waals surface area contributed by atoms with Gasteiger partial charge in [0.25, 0.3) is 5.91 Å². The Balaban J connectivity index is 1.44. The van der Waals surface area contributed by atoms with Gasteiger partial charge in [-0.1, -0.05) is 11.6 Å². The van der Waals surface area contributed by atoms with Crippen molar-refractivity contribution in [1.82, 2.24) is 15.2 Å². The number of aromatic nitrogens is 1. The second-order valence-electron chi connectivity index (χ2n) is 6.04. The zero-order chi connectivity index (χ0) is 18.4. The largest absolute Gasteiger partial charge is 0.486 e. The van der Waals surface area contributed by atoms with E-state index in [2.05, 4.69) is 15.2 Å². The summed E-state index contributed by atoms with van der Waals surface area (Å²) in [6.45, 7) is 7.03. The SMILES string of the molecule is Cc1cc(OCc2nc(C(=O)NCCN3CCOCC3)cs2)ccc1Cl. The van der Waals surface area contributed by atoms with Crippen LogP contribution in [0.2, 0.25) is 5.02 Å². The first-order chi connectivity index (χ1) is 12.6. The van der Waals surface area contributed by atoms with Gasteiger partial charge in [0.05, 0.1) is 13.2 Å². The number of hydrogen-bond acceptors (Lipinski definition) is 6. The number of hydrogen-bond donors (Lipinski definition) is 1. The van der Waals surface area contributed by atoms with E-state index < -0.39 is 0 Å². The predicted molar refractivity (Wildman–Crippen MR) is 102 cm³/mol. The Bertz CT molecular complexity index is 747. The number of carbonyl (C=O) groups excluding carboxylic acids is 1. The predicted octanol–water partition coefficient (Wildman–Crippen LogP) is 2.75. The maximum Gasteiger partial charge on any atom is 0.270 e. The minimum Gasteiger partial charge on any atom is -0.486 e. The summed E-state index contributed by atoms with van der Waals surface area (Å²) in [6, 6.07) is 5.51. The third-order valence-electron chi connectivity index (χ3n) is 4.09. The highest BCUT2D eigenvalue weighted by Gasteiger charge is 2.13. The van der Waals surface area contributed by atoms with Crippen molar-refractivity contribution in [3.05, 3.63) is 44.9 Å². The van der Waals surface area contributed by atoms with Gasteiger partial charge < -0.3 is 14.8 Å². The second-order valence-corrected chi connectivity index (χ2v) is 7.39. The van der Waals surface area contributed by atoms with Crippen LogP contribution in [-0.4, -0.2) is 55.2 Å². The first-order valence-electron chi connectivity index (χ1n) is 8.53. The van der Waals surface area contributed by atoms with E-state index in [0.717, 1.165) is 49.2 Å². The first-order valence-corrected chi connectivity index (χ1v) is 9.79. The first kappa shape index (κ1) is 19.1. The lowest BCUT2D eigenvalue weighted by molar-refractivity contribution is 0.0383. The topological polar surface area (TPSA) is 63.7 Å². The van der Waals surface area contributed by atoms with Crippen LogP contribution in [0.15, 0.2) is 23.6 Å². The molecule has 0 unspecified atom stereocenters. The summed E-state index contributed by atoms with van der Waals surface area (Å²) in [5.41, 5.74) is 1.39. The molecule has 6 nitrogen and oxygen atoms in total. The molecule has 1 N–H and O–H groups in total. The van der Waals surface area contributed by atoms with Crippen LogP contribution >= 0.6 is 22.9 Å². The highest BCUT2D eigenvalue weighted by Crippen LogP contribution is 2.22. The van der Waals surface area contributed by atoms with Gasteiger partial charge in [-0.2, -0.15) is 0 Å². The van der Waals surface area contributed by atoms with E-state index in [-0.39, 0.29) is 5.91 Å². The molecule has 1 saturated heterocycles. The summed E-state index contributed by atoms with van der Waals surface area (Å²) in [5, 5.41) is 6.15. The molecule has 1 aliphatic heterocycles. The van der Waals surface area contributed by atoms with Crippen molar-refractivity contribution in [3.8, 4) is 5.75 Å². The van der Waals surface area contributed by atoms with Crippen molar-refractivity contribution >= 4 is 28.8 Å². The van der Waals surface area contributed by atoms with E-state index in [1.165, 1.54) is 11.3 Å². The van der Waals surface area contributed by atoms with Gasteiger partial charge in [0, 0.05) is 36.6 Å². The van der Waals surface area contributed by atoms with E-state index >= 15 is 0 Å². The summed E-state index contributed by atoms with van der Waals surface area (Å²) in [4.78, 5) is 18.8. The maximum absolute atomic E-state index is 12.2. The number of nitrogens with one attached hydrogen (secondary N) is 1. The van der Waals surface area contributed by atoms with Gasteiger partial charge in [-0.05, 0) is 30.7 Å². The molecule has 1 aliphatic rings. The molecule has 8 heteroatoms. The minimum absolute atomic E-state index is 0.150. The van der Waals surface area contributed by atoms with Gasteiger partial charge >= 0.3 is 0 Å². The van der Waals surface area contributed by atoms with Gasteiger partial charge in [0.2, 0.25) is 0 Å². The highest BCUT2D eigenvalue weighted by molar-refractivity contribution is 7.09. The summed E-state index contributed by atoms with van der Waals surface area (Å²) in [5.74, 6) is 0.585. The van der Waals surface area contributed by atoms with Gasteiger partial charge in [-0.3, -0.25) is 9.69 Å². The Morgan fingerprint density at radius 2 is 2.23 bits per heavy atom. The number of amides is 1. The van der Waals surface area contributed by atoms with E-state index in [1.807, 2.05) is 19.1 Å². The molecule has 1 fully saturated rings. The number of carbonyl (C=O) groups is 1. The molecule has 1 aromatic heterocycles. The highest BCUT2D eigenvalue weighted by atomic mass is 35.5. The van der Waals surface area contributed by atoms with E-state index in [4.69, 9.17) is 21.1 Å². The molecular formula is C18H22ClN3O3S. The van der Waals surface area contributed by atoms with Crippen molar-refractivity contribution in [2.75, 3.05) is 39.4 Å². The van der Waals surface area contributed by atoms with Crippen LogP contribution < -0.4 is 10.1 Å². The molecule has 2 heterocycles. The number of nitrogens with zero attached hydrogens (tertiary/aromatic N) is 2. The van der Waals surface area contributed by atoms with E-state index in [0.29, 0.717) is 23.9 Å². The molecule has 1 amide bonds. The van der Waals surface area contributed by atoms with Crippen LogP contribution in [0.1, 0.15) is 21.1 Å². The number of halogens is 1. The molecule has 2 aromatic rings. The van der Waals surface area contributed by atoms with E-state index in [9.17, 15) is 4.79 Å². The lowest BCUT2D eigenvalue weighted by atomic mass is 10.2. The number of morpholine rings is 1. The Morgan fingerprint density at radius 3 is 3.00 bits per heavy atom. The fourth-order valence-corrected chi connectivity index (χ4v) is 3.38. The molecule has 1 aromatic carbocycles. The molecular weight excluding hydrogens is 374 g/mol. The maximum atomic E-state index is 12.2. The lowest BCUT2D eigenvalue weighted by Crippen LogP contribution is -2.41. The lowest BCUT2D eigenvalue weighted by Gasteiger charge is -2.26. The van der Waals surface area contributed by atoms with Crippen LogP contribution in [-0.2, 0) is 11.3 Å². The molecule has 0 saturated carbocycles. The van der Waals surface area contributed by atoms with Crippen LogP contribution in [0, 0.1) is 6.92 Å². The molecule has 0 bridgehead atoms. The van der Waals surface area contributed by atoms with Crippen molar-refractivity contribution in [1.29, 1.82) is 0 Å². The monoisotopic (exact) mass is 395 g/mol. The quantitative estimate of drug-likeness (QED) is 0.781. The number of ether oxygens (including phenoxy) is 2. The summed E-state index contributed by atoms with van der Waals surface area (Å²) < 4.78 is 11.0. The zero-order valence-electron chi connectivity index (χ0n) is 14.7. The van der Waals surface area contributed by atoms with Crippen molar-refractivity contribution in [3.63, 3.8) is 0 Å². The smallest absolute Gasteiger partial charge is 0.270 e. The second kappa shape index (κ2) is 9.32. The van der Waals surface area contributed by atoms with E-state index in [1.54, 1.807) is 11.4 Å². The Hall–Kier alpha value is -1.67. The van der Waals surface area contributed by atoms with Crippen LogP contribution in [0.3, 0.4) is 0 Å². The molecule has 0 aliphatic carbocycles. The fourth-order valence-electron chi connectivity index (χ4n) is 2.58. The number of rotatable bonds is 7. The van der Waals surface area contributed by atoms with Crippen LogP contribution in [0.4, 0.5) is 0 Å². The van der Waals surface area contributed by atoms with Crippen molar-refractivity contribution in [2.45, 2.75) is 13.5 Å². The third kappa shape index (κ3) is 5.41. The number of benzene rings is 1. The zero-order valence-corrected chi connectivity index (χ0v) is 16.2. The normalized spacial score (nSPS) is 15.0. The van der Waals surface area contributed by atoms with Crippen molar-refractivity contribution in [2.24, 2.45) is 0 Å². The van der Waals surface area contributed by atoms with Gasteiger partial charge in [0.1, 0.15) is 23.1 Å². The van der Waals surface area contributed by atoms with Crippen LogP contribution in [0.25, 0.3) is 0 Å². The minimum atomic E-state index is -0.150. The number of thiazole rings is 1. The summed E-state index contributed by atoms with van der Waals surface area (Å²) >= 11 is 7.42. The molecule has 26 heavy (non-hydrogen) atoms. The van der Waals surface area contributed by atoms with Crippen molar-refractivity contribution < 1.29 is 14.3 Å². The number of aryl methyl sites for hydroxylation is 1. The molecule has 0 atom stereocenters. The van der Waals surface area contributed by atoms with Crippen LogP contribution in [0.5, 0.6) is 5.75 Å². The Labute approximate surface area is 162 Å². The average Bonchev–Trinajstić information content (AvgIpc) is 3.13. The molecule has 140 valence electrons. The average molecular weight is 396 g/mol. The Morgan fingerprint density at radius 1 is 1.42 bits per heavy atom. The molecule has 3 rings (SSSR count). The molecule has 0 radical (unpaired) electrons. The van der Waals surface area contributed by atoms with Gasteiger partial charge in [-0.25, -0.2) is 4.98 Å². The summed E-state index contributed by atoms with van der Waals surface area (Å²) in [7, 11) is 0. The van der Waals surface area contributed by atoms with Gasteiger partial charge in [-0.15, -0.1) is 11.3 Å². The standard InChI is InChI=1S/C18H22ClN3O3S/c1-13-10-14(2-3-15(13)19)25-11-17-21-16(12-26-17)18(23)20-4-5-22-6-8-24-9-7-22/h2-3,10,12H,4-9,11H2,1H3,(H,20,23). The summed E-state index contributed by atoms with van der Waals surface area (Å²) in [6.07, 6.45) is 0. The molecule has 0 spiro atoms.